The fourth-order valence-electron chi connectivity index (χ4n) is 4.79. The molecule has 0 saturated heterocycles. The van der Waals surface area contributed by atoms with Crippen molar-refractivity contribution in [3.8, 4) is 0 Å². The number of sulfonamides is 1. The first kappa shape index (κ1) is 34.9. The highest BCUT2D eigenvalue weighted by molar-refractivity contribution is 7.92. The molecule has 4 aromatic carbocycles. The molecule has 0 aliphatic heterocycles. The first-order valence-corrected chi connectivity index (χ1v) is 17.0. The van der Waals surface area contributed by atoms with E-state index in [1.165, 1.54) is 59.5 Å². The summed E-state index contributed by atoms with van der Waals surface area (Å²) in [6.45, 7) is 4.90. The van der Waals surface area contributed by atoms with Gasteiger partial charge in [0.15, 0.2) is 0 Å². The minimum atomic E-state index is -4.30. The van der Waals surface area contributed by atoms with E-state index >= 15 is 0 Å². The van der Waals surface area contributed by atoms with Crippen LogP contribution in [0.5, 0.6) is 0 Å². The van der Waals surface area contributed by atoms with E-state index in [-0.39, 0.29) is 39.6 Å². The summed E-state index contributed by atoms with van der Waals surface area (Å²) in [6.07, 6.45) is 0.823. The maximum atomic E-state index is 14.5. The quantitative estimate of drug-likeness (QED) is 0.162. The molecule has 7 nitrogen and oxygen atoms in total. The largest absolute Gasteiger partial charge is 0.352 e. The van der Waals surface area contributed by atoms with Gasteiger partial charge in [0.1, 0.15) is 18.4 Å². The third-order valence-electron chi connectivity index (χ3n) is 7.62. The van der Waals surface area contributed by atoms with Crippen molar-refractivity contribution in [2.24, 2.45) is 0 Å². The normalized spacial score (nSPS) is 12.7. The van der Waals surface area contributed by atoms with Crippen molar-refractivity contribution in [2.75, 3.05) is 10.8 Å². The molecule has 0 unspecified atom stereocenters. The summed E-state index contributed by atoms with van der Waals surface area (Å²) < 4.78 is 43.1. The second-order valence-corrected chi connectivity index (χ2v) is 13.8. The zero-order chi connectivity index (χ0) is 33.4. The minimum Gasteiger partial charge on any atom is -0.352 e. The molecule has 0 aromatic heterocycles. The van der Waals surface area contributed by atoms with E-state index in [2.05, 4.69) is 5.32 Å². The summed E-state index contributed by atoms with van der Waals surface area (Å²) in [7, 11) is -4.30. The molecular weight excluding hydrogens is 648 g/mol. The van der Waals surface area contributed by atoms with Crippen LogP contribution >= 0.6 is 23.2 Å². The standard InChI is InChI=1S/C35H36Cl2FN3O4S/c1-4-25(3)39-35(43)33(20-26-8-6-5-7-9-26)40(22-27-12-14-28(38)15-13-27)34(42)23-41(29-16-19-31(36)32(37)21-29)46(44,45)30-17-10-24(2)11-18-30/h5-19,21,25,33H,4,20,22-23H2,1-3H3,(H,39,43)/t25-,33+/m0/s1. The molecule has 0 spiro atoms. The van der Waals surface area contributed by atoms with E-state index in [0.29, 0.717) is 12.0 Å². The van der Waals surface area contributed by atoms with Crippen LogP contribution in [0, 0.1) is 12.7 Å². The number of aryl methyl sites for hydroxylation is 1. The van der Waals surface area contributed by atoms with Crippen LogP contribution in [0.3, 0.4) is 0 Å². The topological polar surface area (TPSA) is 86.8 Å². The average molecular weight is 685 g/mol. The SMILES string of the molecule is CC[C@H](C)NC(=O)[C@@H](Cc1ccccc1)N(Cc1ccc(F)cc1)C(=O)CN(c1ccc(Cl)c(Cl)c1)S(=O)(=O)c1ccc(C)cc1. The van der Waals surface area contributed by atoms with Crippen LogP contribution < -0.4 is 9.62 Å². The molecule has 0 aliphatic rings. The lowest BCUT2D eigenvalue weighted by atomic mass is 10.0. The Kier molecular flexibility index (Phi) is 11.8. The summed E-state index contributed by atoms with van der Waals surface area (Å²) in [6, 6.07) is 24.2. The van der Waals surface area contributed by atoms with Crippen LogP contribution in [0.15, 0.2) is 102 Å². The Labute approximate surface area is 280 Å². The Balaban J connectivity index is 1.82. The molecule has 0 bridgehead atoms. The molecule has 11 heteroatoms. The predicted octanol–water partition coefficient (Wildman–Crippen LogP) is 7.19. The van der Waals surface area contributed by atoms with Crippen LogP contribution in [0.25, 0.3) is 0 Å². The molecule has 1 N–H and O–H groups in total. The Morgan fingerprint density at radius 3 is 2.13 bits per heavy atom. The summed E-state index contributed by atoms with van der Waals surface area (Å²) >= 11 is 12.5. The smallest absolute Gasteiger partial charge is 0.264 e. The highest BCUT2D eigenvalue weighted by Crippen LogP contribution is 2.31. The Bertz CT molecular complexity index is 1760. The molecule has 0 radical (unpaired) electrons. The van der Waals surface area contributed by atoms with Gasteiger partial charge in [-0.2, -0.15) is 0 Å². The van der Waals surface area contributed by atoms with Gasteiger partial charge in [0.25, 0.3) is 10.0 Å². The molecule has 46 heavy (non-hydrogen) atoms. The first-order valence-electron chi connectivity index (χ1n) is 14.8. The van der Waals surface area contributed by atoms with Crippen molar-refractivity contribution in [3.63, 3.8) is 0 Å². The highest BCUT2D eigenvalue weighted by atomic mass is 35.5. The molecule has 2 amide bonds. The van der Waals surface area contributed by atoms with E-state index in [9.17, 15) is 22.4 Å². The van der Waals surface area contributed by atoms with Crippen molar-refractivity contribution in [1.29, 1.82) is 0 Å². The van der Waals surface area contributed by atoms with Crippen LogP contribution in [0.1, 0.15) is 37.0 Å². The lowest BCUT2D eigenvalue weighted by Gasteiger charge is -2.34. The lowest BCUT2D eigenvalue weighted by Crippen LogP contribution is -2.54. The number of amides is 2. The number of hydrogen-bond acceptors (Lipinski definition) is 4. The van der Waals surface area contributed by atoms with Gasteiger partial charge < -0.3 is 10.2 Å². The zero-order valence-electron chi connectivity index (χ0n) is 25.8. The molecule has 4 rings (SSSR count). The summed E-state index contributed by atoms with van der Waals surface area (Å²) in [5, 5.41) is 3.30. The number of halogens is 3. The molecule has 4 aromatic rings. The van der Waals surface area contributed by atoms with Gasteiger partial charge >= 0.3 is 0 Å². The summed E-state index contributed by atoms with van der Waals surface area (Å²) in [4.78, 5) is 29.7. The summed E-state index contributed by atoms with van der Waals surface area (Å²) in [5.74, 6) is -1.49. The van der Waals surface area contributed by atoms with E-state index in [4.69, 9.17) is 23.2 Å². The van der Waals surface area contributed by atoms with Crippen LogP contribution in [-0.4, -0.2) is 43.8 Å². The molecule has 2 atom stereocenters. The Morgan fingerprint density at radius 2 is 1.52 bits per heavy atom. The monoisotopic (exact) mass is 683 g/mol. The second-order valence-electron chi connectivity index (χ2n) is 11.1. The molecule has 0 aliphatic carbocycles. The van der Waals surface area contributed by atoms with Crippen molar-refractivity contribution < 1.29 is 22.4 Å². The fourth-order valence-corrected chi connectivity index (χ4v) is 6.49. The Morgan fingerprint density at radius 1 is 0.870 bits per heavy atom. The second kappa shape index (κ2) is 15.6. The number of nitrogens with zero attached hydrogens (tertiary/aromatic N) is 2. The van der Waals surface area contributed by atoms with Gasteiger partial charge in [-0.15, -0.1) is 0 Å². The molecule has 0 heterocycles. The average Bonchev–Trinajstić information content (AvgIpc) is 3.04. The van der Waals surface area contributed by atoms with Gasteiger partial charge in [0.2, 0.25) is 11.8 Å². The van der Waals surface area contributed by atoms with E-state index in [1.54, 1.807) is 12.1 Å². The van der Waals surface area contributed by atoms with E-state index < -0.39 is 40.2 Å². The molecule has 0 saturated carbocycles. The van der Waals surface area contributed by atoms with E-state index in [1.807, 2.05) is 51.1 Å². The fraction of sp³-hybridized carbons (Fsp3) is 0.257. The number of hydrogen-bond donors (Lipinski definition) is 1. The van der Waals surface area contributed by atoms with Gasteiger partial charge in [0.05, 0.1) is 20.6 Å². The van der Waals surface area contributed by atoms with E-state index in [0.717, 1.165) is 15.4 Å². The van der Waals surface area contributed by atoms with Crippen LogP contribution in [0.4, 0.5) is 10.1 Å². The van der Waals surface area contributed by atoms with Crippen molar-refractivity contribution in [2.45, 2.75) is 57.1 Å². The summed E-state index contributed by atoms with van der Waals surface area (Å²) in [5.41, 5.74) is 2.34. The number of carbonyl (C=O) groups is 2. The molecule has 242 valence electrons. The number of benzene rings is 4. The minimum absolute atomic E-state index is 0.0302. The van der Waals surface area contributed by atoms with Crippen molar-refractivity contribution in [1.82, 2.24) is 10.2 Å². The third-order valence-corrected chi connectivity index (χ3v) is 10.1. The molecule has 0 fully saturated rings. The van der Waals surface area contributed by atoms with Crippen molar-refractivity contribution >= 4 is 50.7 Å². The third kappa shape index (κ3) is 8.87. The number of nitrogens with one attached hydrogen (secondary N) is 1. The molecular formula is C35H36Cl2FN3O4S. The van der Waals surface area contributed by atoms with Gasteiger partial charge in [-0.1, -0.05) is 90.3 Å². The van der Waals surface area contributed by atoms with Crippen LogP contribution in [0.2, 0.25) is 10.0 Å². The predicted molar refractivity (Wildman–Crippen MR) is 181 cm³/mol. The van der Waals surface area contributed by atoms with Gasteiger partial charge in [-0.25, -0.2) is 12.8 Å². The van der Waals surface area contributed by atoms with Gasteiger partial charge in [-0.3, -0.25) is 13.9 Å². The van der Waals surface area contributed by atoms with Gasteiger partial charge in [-0.05, 0) is 73.9 Å². The first-order chi connectivity index (χ1) is 21.9. The maximum Gasteiger partial charge on any atom is 0.264 e. The van der Waals surface area contributed by atoms with Crippen molar-refractivity contribution in [3.05, 3.63) is 130 Å². The highest BCUT2D eigenvalue weighted by Gasteiger charge is 2.35. The Hall–Kier alpha value is -3.92. The number of anilines is 1. The van der Waals surface area contributed by atoms with Gasteiger partial charge in [0, 0.05) is 19.0 Å². The maximum absolute atomic E-state index is 14.5. The lowest BCUT2D eigenvalue weighted by molar-refractivity contribution is -0.140. The zero-order valence-corrected chi connectivity index (χ0v) is 28.1. The van der Waals surface area contributed by atoms with Crippen LogP contribution in [-0.2, 0) is 32.6 Å². The number of rotatable bonds is 13. The number of carbonyl (C=O) groups excluding carboxylic acids is 2.